The molecule has 0 bridgehead atoms. The zero-order chi connectivity index (χ0) is 20.7. The molecular formula is C19H19ClFNO6. The Morgan fingerprint density at radius 3 is 2.21 bits per heavy atom. The molecule has 0 atom stereocenters. The number of halogens is 2. The molecule has 0 aliphatic rings. The van der Waals surface area contributed by atoms with E-state index in [4.69, 9.17) is 30.5 Å². The average Bonchev–Trinajstić information content (AvgIpc) is 2.71. The van der Waals surface area contributed by atoms with Gasteiger partial charge in [0.05, 0.1) is 31.9 Å². The van der Waals surface area contributed by atoms with E-state index in [1.54, 1.807) is 0 Å². The predicted octanol–water partition coefficient (Wildman–Crippen LogP) is 2.98. The van der Waals surface area contributed by atoms with Gasteiger partial charge in [0.1, 0.15) is 5.82 Å². The van der Waals surface area contributed by atoms with Crippen LogP contribution in [-0.2, 0) is 16.1 Å². The van der Waals surface area contributed by atoms with Crippen LogP contribution in [0.2, 0.25) is 5.02 Å². The Labute approximate surface area is 166 Å². The highest BCUT2D eigenvalue weighted by Gasteiger charge is 2.18. The number of hydrogen-bond acceptors (Lipinski definition) is 6. The van der Waals surface area contributed by atoms with Crippen LogP contribution in [0.4, 0.5) is 4.39 Å². The van der Waals surface area contributed by atoms with Crippen LogP contribution in [0.1, 0.15) is 15.9 Å². The Morgan fingerprint density at radius 1 is 1.04 bits per heavy atom. The lowest BCUT2D eigenvalue weighted by Crippen LogP contribution is -2.28. The molecule has 0 aromatic heterocycles. The summed E-state index contributed by atoms with van der Waals surface area (Å²) in [4.78, 5) is 24.1. The molecule has 0 heterocycles. The Hall–Kier alpha value is -3.00. The highest BCUT2D eigenvalue weighted by molar-refractivity contribution is 6.30. The van der Waals surface area contributed by atoms with Gasteiger partial charge in [-0.05, 0) is 29.8 Å². The fraction of sp³-hybridized carbons (Fsp3) is 0.263. The molecular weight excluding hydrogens is 393 g/mol. The van der Waals surface area contributed by atoms with Gasteiger partial charge >= 0.3 is 5.97 Å². The Bertz CT molecular complexity index is 848. The van der Waals surface area contributed by atoms with Crippen molar-refractivity contribution in [1.29, 1.82) is 0 Å². The fourth-order valence-corrected chi connectivity index (χ4v) is 2.52. The smallest absolute Gasteiger partial charge is 0.338 e. The Kier molecular flexibility index (Phi) is 7.45. The minimum absolute atomic E-state index is 0.0411. The van der Waals surface area contributed by atoms with E-state index in [1.807, 2.05) is 0 Å². The van der Waals surface area contributed by atoms with E-state index in [-0.39, 0.29) is 28.6 Å². The van der Waals surface area contributed by atoms with Gasteiger partial charge in [0, 0.05) is 6.54 Å². The predicted molar refractivity (Wildman–Crippen MR) is 99.6 cm³/mol. The molecule has 2 rings (SSSR count). The van der Waals surface area contributed by atoms with Crippen molar-refractivity contribution in [3.8, 4) is 17.2 Å². The summed E-state index contributed by atoms with van der Waals surface area (Å²) in [7, 11) is 4.28. The fourth-order valence-electron chi connectivity index (χ4n) is 2.31. The Balaban J connectivity index is 1.95. The third-order valence-corrected chi connectivity index (χ3v) is 4.00. The zero-order valence-electron chi connectivity index (χ0n) is 15.5. The molecule has 28 heavy (non-hydrogen) atoms. The van der Waals surface area contributed by atoms with Crippen LogP contribution >= 0.6 is 11.6 Å². The third-order valence-electron chi connectivity index (χ3n) is 3.71. The molecule has 0 unspecified atom stereocenters. The molecule has 0 fully saturated rings. The summed E-state index contributed by atoms with van der Waals surface area (Å²) in [6.07, 6.45) is 0. The van der Waals surface area contributed by atoms with E-state index in [0.29, 0.717) is 11.3 Å². The van der Waals surface area contributed by atoms with E-state index in [0.717, 1.165) is 0 Å². The van der Waals surface area contributed by atoms with Crippen molar-refractivity contribution in [2.75, 3.05) is 27.9 Å². The summed E-state index contributed by atoms with van der Waals surface area (Å²) in [5, 5.41) is 2.51. The van der Waals surface area contributed by atoms with Gasteiger partial charge in [-0.25, -0.2) is 9.18 Å². The molecule has 2 aromatic rings. The number of carbonyl (C=O) groups excluding carboxylic acids is 2. The van der Waals surface area contributed by atoms with E-state index in [9.17, 15) is 14.0 Å². The maximum Gasteiger partial charge on any atom is 0.338 e. The van der Waals surface area contributed by atoms with Gasteiger partial charge in [-0.15, -0.1) is 0 Å². The maximum absolute atomic E-state index is 13.1. The molecule has 0 saturated heterocycles. The first-order chi connectivity index (χ1) is 13.4. The van der Waals surface area contributed by atoms with Crippen LogP contribution in [0.25, 0.3) is 0 Å². The van der Waals surface area contributed by atoms with Crippen molar-refractivity contribution in [3.05, 3.63) is 52.3 Å². The van der Waals surface area contributed by atoms with Crippen LogP contribution in [0.3, 0.4) is 0 Å². The number of nitrogens with one attached hydrogen (secondary N) is 1. The summed E-state index contributed by atoms with van der Waals surface area (Å²) in [5.41, 5.74) is 0.739. The molecule has 0 radical (unpaired) electrons. The van der Waals surface area contributed by atoms with Crippen LogP contribution in [0.5, 0.6) is 17.2 Å². The molecule has 2 aromatic carbocycles. The van der Waals surface area contributed by atoms with E-state index in [2.05, 4.69) is 5.32 Å². The summed E-state index contributed by atoms with van der Waals surface area (Å²) in [6.45, 7) is -0.384. The summed E-state index contributed by atoms with van der Waals surface area (Å²) < 4.78 is 33.7. The van der Waals surface area contributed by atoms with Crippen molar-refractivity contribution in [2.24, 2.45) is 0 Å². The minimum Gasteiger partial charge on any atom is -0.493 e. The molecule has 1 N–H and O–H groups in total. The molecule has 0 spiro atoms. The number of benzene rings is 2. The second-order valence-corrected chi connectivity index (χ2v) is 5.92. The number of rotatable bonds is 8. The first-order valence-corrected chi connectivity index (χ1v) is 8.45. The first-order valence-electron chi connectivity index (χ1n) is 8.07. The van der Waals surface area contributed by atoms with Gasteiger partial charge in [-0.2, -0.15) is 0 Å². The average molecular weight is 412 g/mol. The van der Waals surface area contributed by atoms with Crippen molar-refractivity contribution in [3.63, 3.8) is 0 Å². The topological polar surface area (TPSA) is 83.1 Å². The summed E-state index contributed by atoms with van der Waals surface area (Å²) in [6, 6.07) is 6.93. The molecule has 0 aliphatic heterocycles. The number of hydrogen-bond donors (Lipinski definition) is 1. The molecule has 0 aliphatic carbocycles. The number of esters is 1. The highest BCUT2D eigenvalue weighted by Crippen LogP contribution is 2.38. The van der Waals surface area contributed by atoms with E-state index >= 15 is 0 Å². The maximum atomic E-state index is 13.1. The SMILES string of the molecule is COc1cc(C(=O)OCC(=O)NCc2ccc(F)c(Cl)c2)cc(OC)c1OC. The lowest BCUT2D eigenvalue weighted by atomic mass is 10.2. The van der Waals surface area contributed by atoms with Crippen molar-refractivity contribution in [2.45, 2.75) is 6.54 Å². The quantitative estimate of drug-likeness (QED) is 0.672. The highest BCUT2D eigenvalue weighted by atomic mass is 35.5. The standard InChI is InChI=1S/C19H19ClFNO6/c1-25-15-7-12(8-16(26-2)18(15)27-3)19(24)28-10-17(23)22-9-11-4-5-14(21)13(20)6-11/h4-8H,9-10H2,1-3H3,(H,22,23). The lowest BCUT2D eigenvalue weighted by molar-refractivity contribution is -0.124. The van der Waals surface area contributed by atoms with Gasteiger partial charge in [0.15, 0.2) is 18.1 Å². The summed E-state index contributed by atoms with van der Waals surface area (Å²) in [5.74, 6) is -0.911. The van der Waals surface area contributed by atoms with Crippen LogP contribution in [0.15, 0.2) is 30.3 Å². The largest absolute Gasteiger partial charge is 0.493 e. The number of carbonyl (C=O) groups is 2. The molecule has 0 saturated carbocycles. The molecule has 1 amide bonds. The van der Waals surface area contributed by atoms with Crippen LogP contribution in [0, 0.1) is 5.82 Å². The van der Waals surface area contributed by atoms with Crippen molar-refractivity contribution < 1.29 is 32.9 Å². The summed E-state index contributed by atoms with van der Waals surface area (Å²) >= 11 is 5.68. The number of ether oxygens (including phenoxy) is 4. The van der Waals surface area contributed by atoms with Gasteiger partial charge in [0.2, 0.25) is 5.75 Å². The Morgan fingerprint density at radius 2 is 1.68 bits per heavy atom. The number of methoxy groups -OCH3 is 3. The van der Waals surface area contributed by atoms with E-state index in [1.165, 1.54) is 51.7 Å². The first kappa shape index (κ1) is 21.3. The van der Waals surface area contributed by atoms with Gasteiger partial charge in [-0.1, -0.05) is 17.7 Å². The second-order valence-electron chi connectivity index (χ2n) is 5.52. The van der Waals surface area contributed by atoms with Crippen LogP contribution < -0.4 is 19.5 Å². The minimum atomic E-state index is -0.737. The van der Waals surface area contributed by atoms with Crippen LogP contribution in [-0.4, -0.2) is 39.8 Å². The zero-order valence-corrected chi connectivity index (χ0v) is 16.3. The van der Waals surface area contributed by atoms with Gasteiger partial charge in [-0.3, -0.25) is 4.79 Å². The molecule has 7 nitrogen and oxygen atoms in total. The third kappa shape index (κ3) is 5.26. The van der Waals surface area contributed by atoms with Gasteiger partial charge in [0.25, 0.3) is 5.91 Å². The lowest BCUT2D eigenvalue weighted by Gasteiger charge is -2.13. The normalized spacial score (nSPS) is 10.2. The molecule has 9 heteroatoms. The molecule has 150 valence electrons. The van der Waals surface area contributed by atoms with Crippen molar-refractivity contribution >= 4 is 23.5 Å². The van der Waals surface area contributed by atoms with E-state index < -0.39 is 24.3 Å². The number of amides is 1. The van der Waals surface area contributed by atoms with Crippen molar-refractivity contribution in [1.82, 2.24) is 5.32 Å². The second kappa shape index (κ2) is 9.80. The monoisotopic (exact) mass is 411 g/mol. The van der Waals surface area contributed by atoms with Gasteiger partial charge < -0.3 is 24.3 Å².